The van der Waals surface area contributed by atoms with Crippen molar-refractivity contribution in [3.8, 4) is 16.9 Å². The van der Waals surface area contributed by atoms with E-state index in [9.17, 15) is 14.4 Å². The van der Waals surface area contributed by atoms with E-state index in [-0.39, 0.29) is 17.9 Å². The number of aromatic nitrogens is 1. The summed E-state index contributed by atoms with van der Waals surface area (Å²) >= 11 is 0. The molecule has 0 bridgehead atoms. The third kappa shape index (κ3) is 6.45. The van der Waals surface area contributed by atoms with E-state index in [0.29, 0.717) is 29.1 Å². The SMILES string of the molecule is NC(=O)OC1CCN(CCCOc2cc(=O)oc3cc(-c4ccc(NC(=O)C5CC5)nc4)ccc23)CC1. The molecule has 1 saturated heterocycles. The number of benzene rings is 1. The predicted molar refractivity (Wildman–Crippen MR) is 137 cm³/mol. The van der Waals surface area contributed by atoms with E-state index in [1.165, 1.54) is 6.07 Å². The lowest BCUT2D eigenvalue weighted by atomic mass is 10.1. The highest BCUT2D eigenvalue weighted by Crippen LogP contribution is 2.31. The number of likely N-dealkylation sites (tertiary alicyclic amines) is 1. The third-order valence-corrected chi connectivity index (χ3v) is 6.70. The smallest absolute Gasteiger partial charge is 0.404 e. The zero-order valence-electron chi connectivity index (χ0n) is 20.5. The van der Waals surface area contributed by atoms with Crippen LogP contribution in [-0.4, -0.2) is 54.2 Å². The summed E-state index contributed by atoms with van der Waals surface area (Å²) < 4.78 is 16.5. The highest BCUT2D eigenvalue weighted by atomic mass is 16.6. The van der Waals surface area contributed by atoms with Crippen molar-refractivity contribution in [2.24, 2.45) is 11.7 Å². The number of carbonyl (C=O) groups is 2. The molecule has 3 aromatic rings. The van der Waals surface area contributed by atoms with Crippen LogP contribution in [0.4, 0.5) is 10.6 Å². The number of rotatable bonds is 9. The highest BCUT2D eigenvalue weighted by Gasteiger charge is 2.29. The molecule has 194 valence electrons. The van der Waals surface area contributed by atoms with Gasteiger partial charge in [-0.1, -0.05) is 6.07 Å². The number of nitrogens with zero attached hydrogens (tertiary/aromatic N) is 2. The normalized spacial score (nSPS) is 16.4. The van der Waals surface area contributed by atoms with Crippen LogP contribution in [0, 0.1) is 5.92 Å². The Morgan fingerprint density at radius 3 is 2.57 bits per heavy atom. The Bertz CT molecular complexity index is 1330. The van der Waals surface area contributed by atoms with Crippen LogP contribution in [0.1, 0.15) is 32.1 Å². The standard InChI is InChI=1S/C27H30N4O6/c28-27(34)36-20-8-11-31(12-9-20)10-1-13-35-22-15-25(32)37-23-14-18(4-6-21(22)23)19-5-7-24(29-16-19)30-26(33)17-2-3-17/h4-7,14-17,20H,1-3,8-13H2,(H2,28,34)(H,29,30,33). The molecule has 2 aliphatic rings. The van der Waals surface area contributed by atoms with Crippen LogP contribution in [-0.2, 0) is 9.53 Å². The molecule has 1 saturated carbocycles. The second kappa shape index (κ2) is 11.0. The molecule has 10 heteroatoms. The molecule has 1 aliphatic heterocycles. The number of carbonyl (C=O) groups excluding carboxylic acids is 2. The minimum absolute atomic E-state index is 0.0135. The first kappa shape index (κ1) is 24.8. The topological polar surface area (TPSA) is 137 Å². The predicted octanol–water partition coefficient (Wildman–Crippen LogP) is 3.53. The van der Waals surface area contributed by atoms with Gasteiger partial charge in [0.15, 0.2) is 0 Å². The average molecular weight is 507 g/mol. The monoisotopic (exact) mass is 506 g/mol. The second-order valence-electron chi connectivity index (χ2n) is 9.52. The number of hydrogen-bond donors (Lipinski definition) is 2. The maximum Gasteiger partial charge on any atom is 0.404 e. The van der Waals surface area contributed by atoms with Gasteiger partial charge in [-0.25, -0.2) is 14.6 Å². The molecule has 10 nitrogen and oxygen atoms in total. The molecule has 5 rings (SSSR count). The molecular formula is C27H30N4O6. The summed E-state index contributed by atoms with van der Waals surface area (Å²) in [6.07, 6.45) is 5.06. The lowest BCUT2D eigenvalue weighted by molar-refractivity contribution is -0.117. The number of fused-ring (bicyclic) bond motifs is 1. The summed E-state index contributed by atoms with van der Waals surface area (Å²) in [6.45, 7) is 2.97. The van der Waals surface area contributed by atoms with E-state index < -0.39 is 11.7 Å². The van der Waals surface area contributed by atoms with Crippen molar-refractivity contribution >= 4 is 28.8 Å². The van der Waals surface area contributed by atoms with Crippen molar-refractivity contribution in [2.45, 2.75) is 38.2 Å². The van der Waals surface area contributed by atoms with Gasteiger partial charge in [0.25, 0.3) is 0 Å². The number of primary amides is 1. The third-order valence-electron chi connectivity index (χ3n) is 6.70. The first-order valence-corrected chi connectivity index (χ1v) is 12.6. The number of amides is 2. The zero-order valence-corrected chi connectivity index (χ0v) is 20.5. The van der Waals surface area contributed by atoms with Gasteiger partial charge in [-0.15, -0.1) is 0 Å². The molecule has 0 spiro atoms. The fourth-order valence-corrected chi connectivity index (χ4v) is 4.53. The van der Waals surface area contributed by atoms with Crippen molar-refractivity contribution in [2.75, 3.05) is 31.6 Å². The van der Waals surface area contributed by atoms with Gasteiger partial charge in [0.1, 0.15) is 23.3 Å². The maximum atomic E-state index is 12.2. The summed E-state index contributed by atoms with van der Waals surface area (Å²) in [5.41, 5.74) is 6.72. The van der Waals surface area contributed by atoms with E-state index in [1.54, 1.807) is 18.3 Å². The second-order valence-corrected chi connectivity index (χ2v) is 9.52. The molecule has 0 atom stereocenters. The lowest BCUT2D eigenvalue weighted by Gasteiger charge is -2.31. The van der Waals surface area contributed by atoms with E-state index in [4.69, 9.17) is 19.6 Å². The Kier molecular flexibility index (Phi) is 7.36. The number of nitrogens with one attached hydrogen (secondary N) is 1. The molecular weight excluding hydrogens is 476 g/mol. The summed E-state index contributed by atoms with van der Waals surface area (Å²) in [4.78, 5) is 41.7. The van der Waals surface area contributed by atoms with Gasteiger partial charge in [-0.05, 0) is 61.9 Å². The summed E-state index contributed by atoms with van der Waals surface area (Å²) in [5, 5.41) is 3.55. The van der Waals surface area contributed by atoms with Crippen molar-refractivity contribution in [1.29, 1.82) is 0 Å². The lowest BCUT2D eigenvalue weighted by Crippen LogP contribution is -2.39. The number of hydrogen-bond acceptors (Lipinski definition) is 8. The van der Waals surface area contributed by atoms with Gasteiger partial charge in [0, 0.05) is 37.3 Å². The Morgan fingerprint density at radius 2 is 1.86 bits per heavy atom. The molecule has 1 aliphatic carbocycles. The van der Waals surface area contributed by atoms with Crippen molar-refractivity contribution in [3.63, 3.8) is 0 Å². The van der Waals surface area contributed by atoms with Crippen LogP contribution >= 0.6 is 0 Å². The molecule has 3 N–H and O–H groups in total. The van der Waals surface area contributed by atoms with Crippen molar-refractivity contribution < 1.29 is 23.5 Å². The molecule has 1 aromatic carbocycles. The summed E-state index contributed by atoms with van der Waals surface area (Å²) in [5.74, 6) is 1.14. The van der Waals surface area contributed by atoms with Crippen LogP contribution < -0.4 is 21.4 Å². The minimum Gasteiger partial charge on any atom is -0.492 e. The van der Waals surface area contributed by atoms with E-state index in [2.05, 4.69) is 15.2 Å². The number of anilines is 1. The van der Waals surface area contributed by atoms with Gasteiger partial charge < -0.3 is 29.8 Å². The molecule has 37 heavy (non-hydrogen) atoms. The Hall–Kier alpha value is -3.92. The average Bonchev–Trinajstić information content (AvgIpc) is 3.73. The van der Waals surface area contributed by atoms with E-state index in [1.807, 2.05) is 18.2 Å². The van der Waals surface area contributed by atoms with Crippen LogP contribution in [0.3, 0.4) is 0 Å². The number of nitrogens with two attached hydrogens (primary N) is 1. The number of piperidine rings is 1. The fourth-order valence-electron chi connectivity index (χ4n) is 4.53. The summed E-state index contributed by atoms with van der Waals surface area (Å²) in [6, 6.07) is 10.6. The van der Waals surface area contributed by atoms with Crippen LogP contribution in [0.5, 0.6) is 5.75 Å². The maximum absolute atomic E-state index is 12.2. The van der Waals surface area contributed by atoms with Crippen molar-refractivity contribution in [3.05, 3.63) is 53.0 Å². The fraction of sp³-hybridized carbons (Fsp3) is 0.407. The molecule has 0 radical (unpaired) electrons. The van der Waals surface area contributed by atoms with Gasteiger partial charge >= 0.3 is 11.7 Å². The molecule has 2 amide bonds. The molecule has 2 aromatic heterocycles. The number of ether oxygens (including phenoxy) is 2. The van der Waals surface area contributed by atoms with Gasteiger partial charge in [-0.2, -0.15) is 0 Å². The first-order valence-electron chi connectivity index (χ1n) is 12.6. The van der Waals surface area contributed by atoms with E-state index in [0.717, 1.165) is 62.9 Å². The highest BCUT2D eigenvalue weighted by molar-refractivity contribution is 5.93. The first-order chi connectivity index (χ1) is 17.9. The zero-order chi connectivity index (χ0) is 25.8. The quantitative estimate of drug-likeness (QED) is 0.332. The molecule has 2 fully saturated rings. The molecule has 0 unspecified atom stereocenters. The van der Waals surface area contributed by atoms with Gasteiger partial charge in [-0.3, -0.25) is 4.79 Å². The summed E-state index contributed by atoms with van der Waals surface area (Å²) in [7, 11) is 0. The van der Waals surface area contributed by atoms with Crippen LogP contribution in [0.2, 0.25) is 0 Å². The molecule has 3 heterocycles. The van der Waals surface area contributed by atoms with Gasteiger partial charge in [0.2, 0.25) is 5.91 Å². The largest absolute Gasteiger partial charge is 0.492 e. The van der Waals surface area contributed by atoms with Crippen LogP contribution in [0.25, 0.3) is 22.1 Å². The van der Waals surface area contributed by atoms with Crippen molar-refractivity contribution in [1.82, 2.24) is 9.88 Å². The van der Waals surface area contributed by atoms with Gasteiger partial charge in [0.05, 0.1) is 18.1 Å². The Morgan fingerprint density at radius 1 is 1.08 bits per heavy atom. The Balaban J connectivity index is 1.18. The van der Waals surface area contributed by atoms with Crippen LogP contribution in [0.15, 0.2) is 51.8 Å². The number of pyridine rings is 1. The van der Waals surface area contributed by atoms with E-state index >= 15 is 0 Å². The minimum atomic E-state index is -0.720. The Labute approximate surface area is 213 Å².